The van der Waals surface area contributed by atoms with E-state index in [0.717, 1.165) is 109 Å². The number of nitrogens with one attached hydrogen (secondary N) is 1. The van der Waals surface area contributed by atoms with Gasteiger partial charge in [-0.25, -0.2) is 0 Å². The number of allylic oxidation sites excluding steroid dienone is 9. The molecule has 0 aromatic rings. The van der Waals surface area contributed by atoms with Gasteiger partial charge in [0.1, 0.15) is 24.4 Å². The Labute approximate surface area is 414 Å². The molecule has 1 aliphatic rings. The van der Waals surface area contributed by atoms with Crippen LogP contribution in [0.3, 0.4) is 0 Å². The number of hydrogen-bond acceptors (Lipinski definition) is 10. The molecule has 68 heavy (non-hydrogen) atoms. The molecule has 0 aliphatic carbocycles. The zero-order valence-corrected chi connectivity index (χ0v) is 43.0. The number of hydrogen-bond donors (Lipinski definition) is 6. The topological polar surface area (TPSA) is 175 Å². The lowest BCUT2D eigenvalue weighted by Crippen LogP contribution is -2.60. The lowest BCUT2D eigenvalue weighted by Gasteiger charge is -2.40. The Morgan fingerprint density at radius 2 is 1.01 bits per heavy atom. The minimum atomic E-state index is -1.58. The van der Waals surface area contributed by atoms with Crippen LogP contribution >= 0.6 is 0 Å². The quantitative estimate of drug-likeness (QED) is 0.0196. The van der Waals surface area contributed by atoms with E-state index in [4.69, 9.17) is 14.2 Å². The van der Waals surface area contributed by atoms with Gasteiger partial charge in [0.05, 0.1) is 32.0 Å². The highest BCUT2D eigenvalue weighted by atomic mass is 16.7. The Hall–Kier alpha value is -2.64. The maximum absolute atomic E-state index is 13.0. The summed E-state index contributed by atoms with van der Waals surface area (Å²) in [5.41, 5.74) is 0. The van der Waals surface area contributed by atoms with Crippen LogP contribution in [0.25, 0.3) is 0 Å². The molecule has 1 heterocycles. The van der Waals surface area contributed by atoms with E-state index in [-0.39, 0.29) is 18.5 Å². The molecule has 1 fully saturated rings. The van der Waals surface area contributed by atoms with Crippen molar-refractivity contribution in [1.82, 2.24) is 5.32 Å². The first-order valence-electron chi connectivity index (χ1n) is 27.6. The Kier molecular flexibility index (Phi) is 43.5. The van der Waals surface area contributed by atoms with Gasteiger partial charge in [-0.3, -0.25) is 9.59 Å². The van der Waals surface area contributed by atoms with Gasteiger partial charge in [0.2, 0.25) is 5.91 Å². The molecular weight excluding hydrogens is 859 g/mol. The van der Waals surface area contributed by atoms with Crippen LogP contribution < -0.4 is 5.32 Å². The minimum Gasteiger partial charge on any atom is -0.466 e. The number of amides is 1. The lowest BCUT2D eigenvalue weighted by molar-refractivity contribution is -0.302. The lowest BCUT2D eigenvalue weighted by atomic mass is 9.99. The van der Waals surface area contributed by atoms with Gasteiger partial charge in [0, 0.05) is 12.8 Å². The van der Waals surface area contributed by atoms with Crippen molar-refractivity contribution in [3.05, 3.63) is 60.8 Å². The standard InChI is InChI=1S/C57H101NO10/c1-3-5-7-9-11-13-15-21-25-29-33-37-41-45-53(62)66-46-42-38-34-30-26-23-20-18-16-17-19-22-24-28-32-36-40-44-52(61)58-49(48-67-57-56(65)55(64)54(63)51(47-59)68-57)50(60)43-39-35-31-27-14-12-10-8-6-4-2/h7,9,13,15-16,18,23,26,39,43,49-51,54-57,59-60,63-65H,3-6,8,10-12,14,17,19-22,24-25,27-38,40-42,44-48H2,1-2H3,(H,58,61)/b9-7-,15-13-,18-16-,26-23-,43-39+. The van der Waals surface area contributed by atoms with Crippen LogP contribution in [0.15, 0.2) is 60.8 Å². The van der Waals surface area contributed by atoms with Crippen molar-refractivity contribution in [2.24, 2.45) is 0 Å². The maximum atomic E-state index is 13.0. The van der Waals surface area contributed by atoms with Crippen LogP contribution in [-0.2, 0) is 23.8 Å². The monoisotopic (exact) mass is 960 g/mol. The Morgan fingerprint density at radius 3 is 1.54 bits per heavy atom. The molecule has 7 unspecified atom stereocenters. The molecular formula is C57H101NO10. The van der Waals surface area contributed by atoms with E-state index in [1.54, 1.807) is 6.08 Å². The zero-order valence-electron chi connectivity index (χ0n) is 43.0. The number of carbonyl (C=O) groups is 2. The van der Waals surface area contributed by atoms with Crippen LogP contribution in [0, 0.1) is 0 Å². The Bertz CT molecular complexity index is 1310. The molecule has 0 radical (unpaired) electrons. The van der Waals surface area contributed by atoms with E-state index in [0.29, 0.717) is 19.4 Å². The van der Waals surface area contributed by atoms with Crippen molar-refractivity contribution in [3.8, 4) is 0 Å². The van der Waals surface area contributed by atoms with Crippen molar-refractivity contribution >= 4 is 11.9 Å². The highest BCUT2D eigenvalue weighted by Gasteiger charge is 2.44. The molecule has 0 aromatic heterocycles. The number of ether oxygens (including phenoxy) is 3. The molecule has 394 valence electrons. The molecule has 11 heteroatoms. The van der Waals surface area contributed by atoms with Gasteiger partial charge >= 0.3 is 5.97 Å². The minimum absolute atomic E-state index is 0.0489. The van der Waals surface area contributed by atoms with E-state index in [9.17, 15) is 35.1 Å². The second kappa shape index (κ2) is 46.7. The predicted molar refractivity (Wildman–Crippen MR) is 278 cm³/mol. The zero-order chi connectivity index (χ0) is 49.6. The van der Waals surface area contributed by atoms with E-state index in [2.05, 4.69) is 67.8 Å². The van der Waals surface area contributed by atoms with Crippen molar-refractivity contribution in [1.29, 1.82) is 0 Å². The molecule has 11 nitrogen and oxygen atoms in total. The average molecular weight is 960 g/mol. The van der Waals surface area contributed by atoms with Gasteiger partial charge < -0.3 is 45.1 Å². The van der Waals surface area contributed by atoms with E-state index < -0.39 is 49.5 Å². The summed E-state index contributed by atoms with van der Waals surface area (Å²) in [6.45, 7) is 4.18. The summed E-state index contributed by atoms with van der Waals surface area (Å²) < 4.78 is 16.6. The third-order valence-electron chi connectivity index (χ3n) is 12.6. The first-order valence-corrected chi connectivity index (χ1v) is 27.6. The van der Waals surface area contributed by atoms with E-state index in [1.165, 1.54) is 89.9 Å². The number of aliphatic hydroxyl groups excluding tert-OH is 5. The highest BCUT2D eigenvalue weighted by Crippen LogP contribution is 2.23. The Morgan fingerprint density at radius 1 is 0.544 bits per heavy atom. The molecule has 0 bridgehead atoms. The van der Waals surface area contributed by atoms with Crippen LogP contribution in [0.2, 0.25) is 0 Å². The number of carbonyl (C=O) groups excluding carboxylic acids is 2. The molecule has 7 atom stereocenters. The van der Waals surface area contributed by atoms with Gasteiger partial charge in [-0.05, 0) is 96.3 Å². The summed E-state index contributed by atoms with van der Waals surface area (Å²) in [7, 11) is 0. The van der Waals surface area contributed by atoms with Gasteiger partial charge in [-0.15, -0.1) is 0 Å². The van der Waals surface area contributed by atoms with E-state index >= 15 is 0 Å². The summed E-state index contributed by atoms with van der Waals surface area (Å²) in [4.78, 5) is 25.0. The molecule has 6 N–H and O–H groups in total. The molecule has 0 spiro atoms. The summed E-state index contributed by atoms with van der Waals surface area (Å²) in [6.07, 6.45) is 48.8. The number of rotatable bonds is 46. The van der Waals surface area contributed by atoms with Gasteiger partial charge in [-0.1, -0.05) is 177 Å². The van der Waals surface area contributed by atoms with Gasteiger partial charge in [0.15, 0.2) is 6.29 Å². The second-order valence-corrected chi connectivity index (χ2v) is 18.9. The van der Waals surface area contributed by atoms with Gasteiger partial charge in [0.25, 0.3) is 0 Å². The largest absolute Gasteiger partial charge is 0.466 e. The highest BCUT2D eigenvalue weighted by molar-refractivity contribution is 5.76. The SMILES string of the molecule is CCC/C=C\C/C=C\CCCCCCCC(=O)OCCCCC/C=C\C/C=C\CCCCCCCCCC(=O)NC(COC1OC(CO)C(O)C(O)C1O)C(O)/C=C/CCCCCCCCCC. The molecule has 1 saturated heterocycles. The number of esters is 1. The molecule has 0 aromatic carbocycles. The molecule has 0 saturated carbocycles. The maximum Gasteiger partial charge on any atom is 0.305 e. The van der Waals surface area contributed by atoms with Crippen LogP contribution in [0.5, 0.6) is 0 Å². The fourth-order valence-electron chi connectivity index (χ4n) is 8.15. The molecule has 1 amide bonds. The fourth-order valence-corrected chi connectivity index (χ4v) is 8.15. The number of unbranched alkanes of at least 4 members (excludes halogenated alkanes) is 24. The smallest absolute Gasteiger partial charge is 0.305 e. The van der Waals surface area contributed by atoms with Crippen molar-refractivity contribution in [2.75, 3.05) is 19.8 Å². The van der Waals surface area contributed by atoms with Crippen LogP contribution in [0.1, 0.15) is 226 Å². The average Bonchev–Trinajstić information content (AvgIpc) is 3.33. The van der Waals surface area contributed by atoms with E-state index in [1.807, 2.05) is 6.08 Å². The molecule has 1 aliphatic heterocycles. The van der Waals surface area contributed by atoms with Crippen molar-refractivity contribution in [3.63, 3.8) is 0 Å². The van der Waals surface area contributed by atoms with Crippen LogP contribution in [0.4, 0.5) is 0 Å². The predicted octanol–water partition coefficient (Wildman–Crippen LogP) is 11.9. The van der Waals surface area contributed by atoms with Crippen LogP contribution in [-0.4, -0.2) is 100 Å². The third kappa shape index (κ3) is 36.3. The second-order valence-electron chi connectivity index (χ2n) is 18.9. The summed E-state index contributed by atoms with van der Waals surface area (Å²) in [6, 6.07) is -0.822. The van der Waals surface area contributed by atoms with Gasteiger partial charge in [-0.2, -0.15) is 0 Å². The third-order valence-corrected chi connectivity index (χ3v) is 12.6. The number of aliphatic hydroxyl groups is 5. The Balaban J connectivity index is 2.13. The summed E-state index contributed by atoms with van der Waals surface area (Å²) in [5, 5.41) is 54.2. The molecule has 1 rings (SSSR count). The summed E-state index contributed by atoms with van der Waals surface area (Å²) in [5.74, 6) is -0.251. The van der Waals surface area contributed by atoms with Crippen molar-refractivity contribution in [2.45, 2.75) is 269 Å². The fraction of sp³-hybridized carbons (Fsp3) is 0.789. The normalized spacial score (nSPS) is 19.9. The summed E-state index contributed by atoms with van der Waals surface area (Å²) >= 11 is 0. The van der Waals surface area contributed by atoms with Crippen molar-refractivity contribution < 1.29 is 49.3 Å². The first kappa shape index (κ1) is 63.4. The first-order chi connectivity index (χ1) is 33.2.